The van der Waals surface area contributed by atoms with Gasteiger partial charge in [0.1, 0.15) is 16.6 Å². The third-order valence-electron chi connectivity index (χ3n) is 7.66. The number of hydrogen-bond acceptors (Lipinski definition) is 9. The molecule has 0 atom stereocenters. The molecule has 5 aromatic rings. The summed E-state index contributed by atoms with van der Waals surface area (Å²) in [5, 5.41) is 24.5. The predicted octanol–water partition coefficient (Wildman–Crippen LogP) is 6.10. The Morgan fingerprint density at radius 3 is 2.37 bits per heavy atom. The topological polar surface area (TPSA) is 105 Å². The molecule has 0 bridgehead atoms. The molecule has 208 valence electrons. The monoisotopic (exact) mass is 570 g/mol. The summed E-state index contributed by atoms with van der Waals surface area (Å²) < 4.78 is 16.0. The lowest BCUT2D eigenvalue weighted by Gasteiger charge is -2.35. The Hall–Kier alpha value is -4.42. The first-order valence-corrected chi connectivity index (χ1v) is 14.4. The SMILES string of the molecule is CN1CCN(c2cc3c(cc2Nc2nnc(-c4ccc([N+](=O)[O-])cc4)s2)nc(-c2ccc(F)cc2)n3C2CC2)CC1. The maximum atomic E-state index is 13.7. The Kier molecular flexibility index (Phi) is 6.36. The van der Waals surface area contributed by atoms with Crippen molar-refractivity contribution in [2.24, 2.45) is 0 Å². The standard InChI is InChI=1S/C29H27FN8O2S/c1-35-12-14-36(15-13-35)25-17-26-24(31-27(37(26)21-10-11-21)18-2-6-20(30)7-3-18)16-23(25)32-29-34-33-28(41-29)19-4-8-22(9-5-19)38(39)40/h2-9,16-17,21H,10-15H2,1H3,(H,32,34). The molecule has 2 aliphatic rings. The Morgan fingerprint density at radius 2 is 1.68 bits per heavy atom. The van der Waals surface area contributed by atoms with Gasteiger partial charge in [-0.25, -0.2) is 9.37 Å². The average Bonchev–Trinajstić information content (AvgIpc) is 3.59. The Morgan fingerprint density at radius 1 is 0.976 bits per heavy atom. The van der Waals surface area contributed by atoms with Gasteiger partial charge in [0.2, 0.25) is 5.13 Å². The minimum absolute atomic E-state index is 0.0346. The van der Waals surface area contributed by atoms with Crippen LogP contribution in [0.15, 0.2) is 60.7 Å². The quantitative estimate of drug-likeness (QED) is 0.185. The number of nitrogens with zero attached hydrogens (tertiary/aromatic N) is 7. The molecule has 3 heterocycles. The van der Waals surface area contributed by atoms with Gasteiger partial charge in [0, 0.05) is 55.5 Å². The van der Waals surface area contributed by atoms with Crippen LogP contribution in [0.1, 0.15) is 18.9 Å². The van der Waals surface area contributed by atoms with Crippen LogP contribution in [0.25, 0.3) is 33.0 Å². The molecular weight excluding hydrogens is 543 g/mol. The second-order valence-electron chi connectivity index (χ2n) is 10.5. The summed E-state index contributed by atoms with van der Waals surface area (Å²) in [5.41, 5.74) is 5.58. The van der Waals surface area contributed by atoms with Crippen LogP contribution in [0, 0.1) is 15.9 Å². The molecule has 0 unspecified atom stereocenters. The summed E-state index contributed by atoms with van der Waals surface area (Å²) >= 11 is 1.39. The van der Waals surface area contributed by atoms with Crippen molar-refractivity contribution in [3.8, 4) is 22.0 Å². The van der Waals surface area contributed by atoms with Gasteiger partial charge in [0.15, 0.2) is 0 Å². The zero-order chi connectivity index (χ0) is 28.1. The van der Waals surface area contributed by atoms with Gasteiger partial charge < -0.3 is 19.7 Å². The number of likely N-dealkylation sites (N-methyl/N-ethyl adjacent to an activating group) is 1. The summed E-state index contributed by atoms with van der Waals surface area (Å²) in [4.78, 5) is 20.4. The largest absolute Gasteiger partial charge is 0.367 e. The highest BCUT2D eigenvalue weighted by atomic mass is 32.1. The number of rotatable bonds is 7. The first-order chi connectivity index (χ1) is 19.9. The Bertz CT molecular complexity index is 1740. The molecule has 41 heavy (non-hydrogen) atoms. The number of imidazole rings is 1. The predicted molar refractivity (Wildman–Crippen MR) is 158 cm³/mol. The summed E-state index contributed by atoms with van der Waals surface area (Å²) in [7, 11) is 2.14. The van der Waals surface area contributed by atoms with Crippen LogP contribution in [0.5, 0.6) is 0 Å². The summed E-state index contributed by atoms with van der Waals surface area (Å²) in [5.74, 6) is 0.581. The van der Waals surface area contributed by atoms with Crippen molar-refractivity contribution in [2.45, 2.75) is 18.9 Å². The number of nitrogens with one attached hydrogen (secondary N) is 1. The molecule has 0 radical (unpaired) electrons. The molecule has 1 N–H and O–H groups in total. The normalized spacial score (nSPS) is 15.9. The van der Waals surface area contributed by atoms with E-state index in [1.54, 1.807) is 24.3 Å². The van der Waals surface area contributed by atoms with Gasteiger partial charge in [-0.3, -0.25) is 10.1 Å². The number of nitro groups is 1. The van der Waals surface area contributed by atoms with Crippen LogP contribution in [-0.4, -0.2) is 62.8 Å². The third kappa shape index (κ3) is 5.00. The molecule has 0 spiro atoms. The minimum atomic E-state index is -0.418. The third-order valence-corrected chi connectivity index (χ3v) is 8.54. The van der Waals surface area contributed by atoms with Gasteiger partial charge in [-0.1, -0.05) is 11.3 Å². The van der Waals surface area contributed by atoms with Crippen LogP contribution in [0.3, 0.4) is 0 Å². The zero-order valence-corrected chi connectivity index (χ0v) is 23.1. The molecule has 1 aliphatic heterocycles. The van der Waals surface area contributed by atoms with Crippen molar-refractivity contribution in [1.29, 1.82) is 0 Å². The molecule has 10 nitrogen and oxygen atoms in total. The van der Waals surface area contributed by atoms with Crippen molar-refractivity contribution in [3.63, 3.8) is 0 Å². The van der Waals surface area contributed by atoms with Crippen molar-refractivity contribution in [1.82, 2.24) is 24.6 Å². The first-order valence-electron chi connectivity index (χ1n) is 13.5. The van der Waals surface area contributed by atoms with E-state index in [0.717, 1.165) is 78.4 Å². The van der Waals surface area contributed by atoms with Crippen molar-refractivity contribution < 1.29 is 9.31 Å². The average molecular weight is 571 g/mol. The number of fused-ring (bicyclic) bond motifs is 1. The Balaban J connectivity index is 1.29. The van der Waals surface area contributed by atoms with Gasteiger partial charge in [-0.15, -0.1) is 10.2 Å². The molecule has 1 aliphatic carbocycles. The molecule has 0 amide bonds. The van der Waals surface area contributed by atoms with Gasteiger partial charge >= 0.3 is 0 Å². The molecule has 7 rings (SSSR count). The highest BCUT2D eigenvalue weighted by Gasteiger charge is 2.30. The van der Waals surface area contributed by atoms with E-state index in [1.165, 1.54) is 35.6 Å². The number of non-ortho nitro benzene ring substituents is 1. The molecular formula is C29H27FN8O2S. The van der Waals surface area contributed by atoms with Crippen molar-refractivity contribution >= 4 is 44.6 Å². The lowest BCUT2D eigenvalue weighted by molar-refractivity contribution is -0.384. The van der Waals surface area contributed by atoms with E-state index in [0.29, 0.717) is 16.2 Å². The second kappa shape index (κ2) is 10.2. The minimum Gasteiger partial charge on any atom is -0.367 e. The number of halogens is 1. The first kappa shape index (κ1) is 25.5. The zero-order valence-electron chi connectivity index (χ0n) is 22.3. The maximum Gasteiger partial charge on any atom is 0.269 e. The molecule has 3 aromatic carbocycles. The molecule has 2 aromatic heterocycles. The van der Waals surface area contributed by atoms with Gasteiger partial charge in [0.25, 0.3) is 5.69 Å². The van der Waals surface area contributed by atoms with E-state index in [4.69, 9.17) is 4.98 Å². The van der Waals surface area contributed by atoms with Crippen LogP contribution in [-0.2, 0) is 0 Å². The fourth-order valence-electron chi connectivity index (χ4n) is 5.28. The van der Waals surface area contributed by atoms with E-state index in [9.17, 15) is 14.5 Å². The fraction of sp³-hybridized carbons (Fsp3) is 0.276. The lowest BCUT2D eigenvalue weighted by atomic mass is 10.2. The van der Waals surface area contributed by atoms with Gasteiger partial charge in [-0.05, 0) is 68.4 Å². The lowest BCUT2D eigenvalue weighted by Crippen LogP contribution is -2.44. The van der Waals surface area contributed by atoms with E-state index >= 15 is 0 Å². The van der Waals surface area contributed by atoms with Crippen LogP contribution >= 0.6 is 11.3 Å². The van der Waals surface area contributed by atoms with E-state index in [2.05, 4.69) is 49.1 Å². The number of anilines is 3. The van der Waals surface area contributed by atoms with Crippen LogP contribution in [0.4, 0.5) is 26.6 Å². The van der Waals surface area contributed by atoms with Crippen LogP contribution < -0.4 is 10.2 Å². The highest BCUT2D eigenvalue weighted by molar-refractivity contribution is 7.18. The molecule has 1 saturated carbocycles. The smallest absolute Gasteiger partial charge is 0.269 e. The van der Waals surface area contributed by atoms with Gasteiger partial charge in [-0.2, -0.15) is 0 Å². The fourth-order valence-corrected chi connectivity index (χ4v) is 6.04. The molecule has 12 heteroatoms. The maximum absolute atomic E-state index is 13.7. The number of piperazine rings is 1. The summed E-state index contributed by atoms with van der Waals surface area (Å²) in [6.07, 6.45) is 2.19. The summed E-state index contributed by atoms with van der Waals surface area (Å²) in [6, 6.07) is 17.5. The second-order valence-corrected chi connectivity index (χ2v) is 11.5. The molecule has 1 saturated heterocycles. The number of aromatic nitrogens is 4. The number of nitro benzene ring substituents is 1. The number of hydrogen-bond donors (Lipinski definition) is 1. The van der Waals surface area contributed by atoms with E-state index in [-0.39, 0.29) is 11.5 Å². The van der Waals surface area contributed by atoms with Crippen LogP contribution in [0.2, 0.25) is 0 Å². The van der Waals surface area contributed by atoms with Crippen molar-refractivity contribution in [2.75, 3.05) is 43.4 Å². The van der Waals surface area contributed by atoms with Crippen molar-refractivity contribution in [3.05, 3.63) is 76.6 Å². The van der Waals surface area contributed by atoms with Gasteiger partial charge in [0.05, 0.1) is 27.3 Å². The van der Waals surface area contributed by atoms with E-state index in [1.807, 2.05) is 0 Å². The Labute approximate surface area is 239 Å². The highest BCUT2D eigenvalue weighted by Crippen LogP contribution is 2.44. The summed E-state index contributed by atoms with van der Waals surface area (Å²) in [6.45, 7) is 3.71. The number of benzene rings is 3. The molecule has 2 fully saturated rings. The van der Waals surface area contributed by atoms with E-state index < -0.39 is 4.92 Å².